The molecule has 5 nitrogen and oxygen atoms in total. The zero-order chi connectivity index (χ0) is 10.2. The van der Waals surface area contributed by atoms with Crippen LogP contribution in [-0.4, -0.2) is 38.3 Å². The maximum absolute atomic E-state index is 10.4. The van der Waals surface area contributed by atoms with E-state index >= 15 is 0 Å². The number of amides is 2. The number of urea groups is 1. The van der Waals surface area contributed by atoms with E-state index in [4.69, 9.17) is 5.73 Å². The third-order valence-electron chi connectivity index (χ3n) is 2.43. The molecule has 0 saturated carbocycles. The minimum atomic E-state index is -0.450. The van der Waals surface area contributed by atoms with E-state index in [0.717, 1.165) is 26.1 Å². The Balaban J connectivity index is 2.01. The number of nitrogens with one attached hydrogen (secondary N) is 3. The maximum Gasteiger partial charge on any atom is 0.312 e. The third-order valence-corrected chi connectivity index (χ3v) is 2.43. The van der Waals surface area contributed by atoms with Crippen molar-refractivity contribution in [2.75, 3.05) is 26.2 Å². The van der Waals surface area contributed by atoms with E-state index in [1.54, 1.807) is 0 Å². The van der Waals surface area contributed by atoms with Gasteiger partial charge in [-0.2, -0.15) is 0 Å². The molecule has 1 aliphatic heterocycles. The van der Waals surface area contributed by atoms with E-state index in [2.05, 4.69) is 16.0 Å². The van der Waals surface area contributed by atoms with Crippen LogP contribution in [0.3, 0.4) is 0 Å². The van der Waals surface area contributed by atoms with Crippen LogP contribution in [0.15, 0.2) is 0 Å². The number of hydrogen-bond donors (Lipinski definition) is 4. The number of nitrogens with two attached hydrogens (primary N) is 1. The van der Waals surface area contributed by atoms with Gasteiger partial charge < -0.3 is 21.7 Å². The smallest absolute Gasteiger partial charge is 0.312 e. The lowest BCUT2D eigenvalue weighted by Gasteiger charge is -2.15. The zero-order valence-corrected chi connectivity index (χ0v) is 8.51. The van der Waals surface area contributed by atoms with Gasteiger partial charge in [-0.05, 0) is 32.4 Å². The van der Waals surface area contributed by atoms with Crippen LogP contribution >= 0.6 is 0 Å². The van der Waals surface area contributed by atoms with Gasteiger partial charge in [0, 0.05) is 19.1 Å². The second-order valence-corrected chi connectivity index (χ2v) is 3.62. The minimum absolute atomic E-state index is 0.450. The van der Waals surface area contributed by atoms with Gasteiger partial charge in [0.2, 0.25) is 0 Å². The number of rotatable bonds is 4. The number of hydrogen-bond acceptors (Lipinski definition) is 3. The summed E-state index contributed by atoms with van der Waals surface area (Å²) in [5, 5.41) is 9.32. The van der Waals surface area contributed by atoms with Crippen LogP contribution in [0, 0.1) is 0 Å². The van der Waals surface area contributed by atoms with Crippen LogP contribution in [0.25, 0.3) is 0 Å². The summed E-state index contributed by atoms with van der Waals surface area (Å²) in [6, 6.07) is 0.133. The standard InChI is InChI=1S/C9H20N4O/c10-9(14)13-7-6-12-8-2-1-4-11-5-3-8/h8,11-12H,1-7H2,(H3,10,13,14). The van der Waals surface area contributed by atoms with Crippen molar-refractivity contribution < 1.29 is 4.79 Å². The maximum atomic E-state index is 10.4. The molecular formula is C9H20N4O. The molecule has 1 fully saturated rings. The van der Waals surface area contributed by atoms with Crippen LogP contribution in [0.4, 0.5) is 4.79 Å². The first kappa shape index (κ1) is 11.3. The van der Waals surface area contributed by atoms with Crippen molar-refractivity contribution in [3.63, 3.8) is 0 Å². The Morgan fingerprint density at radius 3 is 3.00 bits per heavy atom. The van der Waals surface area contributed by atoms with Crippen molar-refractivity contribution in [3.05, 3.63) is 0 Å². The zero-order valence-electron chi connectivity index (χ0n) is 8.51. The summed E-state index contributed by atoms with van der Waals surface area (Å²) in [5.41, 5.74) is 4.95. The second kappa shape index (κ2) is 6.62. The van der Waals surface area contributed by atoms with Gasteiger partial charge in [0.25, 0.3) is 0 Å². The fourth-order valence-electron chi connectivity index (χ4n) is 1.69. The summed E-state index contributed by atoms with van der Waals surface area (Å²) >= 11 is 0. The van der Waals surface area contributed by atoms with E-state index in [1.165, 1.54) is 12.8 Å². The van der Waals surface area contributed by atoms with Crippen molar-refractivity contribution >= 4 is 6.03 Å². The molecule has 14 heavy (non-hydrogen) atoms. The molecule has 1 rings (SSSR count). The minimum Gasteiger partial charge on any atom is -0.352 e. The molecule has 0 bridgehead atoms. The van der Waals surface area contributed by atoms with Gasteiger partial charge in [-0.15, -0.1) is 0 Å². The highest BCUT2D eigenvalue weighted by atomic mass is 16.2. The Kier molecular flexibility index (Phi) is 5.32. The fourth-order valence-corrected chi connectivity index (χ4v) is 1.69. The molecule has 1 saturated heterocycles. The van der Waals surface area contributed by atoms with Gasteiger partial charge in [0.05, 0.1) is 0 Å². The molecule has 0 aromatic carbocycles. The Bertz CT molecular complexity index is 166. The molecule has 2 amide bonds. The average molecular weight is 200 g/mol. The summed E-state index contributed by atoms with van der Waals surface area (Å²) in [6.07, 6.45) is 3.60. The quantitative estimate of drug-likeness (QED) is 0.457. The van der Waals surface area contributed by atoms with E-state index in [-0.39, 0.29) is 0 Å². The van der Waals surface area contributed by atoms with E-state index in [9.17, 15) is 4.79 Å². The Labute approximate surface area is 84.8 Å². The lowest BCUT2D eigenvalue weighted by Crippen LogP contribution is -2.39. The molecule has 1 aliphatic rings. The van der Waals surface area contributed by atoms with Crippen molar-refractivity contribution in [2.24, 2.45) is 5.73 Å². The van der Waals surface area contributed by atoms with Crippen molar-refractivity contribution in [3.8, 4) is 0 Å². The van der Waals surface area contributed by atoms with Gasteiger partial charge in [-0.25, -0.2) is 4.79 Å². The van der Waals surface area contributed by atoms with Gasteiger partial charge in [0.15, 0.2) is 0 Å². The topological polar surface area (TPSA) is 79.2 Å². The second-order valence-electron chi connectivity index (χ2n) is 3.62. The summed E-state index contributed by atoms with van der Waals surface area (Å²) in [5.74, 6) is 0. The monoisotopic (exact) mass is 200 g/mol. The number of primary amides is 1. The molecule has 0 aromatic rings. The molecule has 1 atom stereocenters. The molecule has 5 N–H and O–H groups in total. The molecule has 0 aromatic heterocycles. The van der Waals surface area contributed by atoms with E-state index in [1.807, 2.05) is 0 Å². The first-order valence-corrected chi connectivity index (χ1v) is 5.26. The molecule has 82 valence electrons. The van der Waals surface area contributed by atoms with Crippen molar-refractivity contribution in [1.82, 2.24) is 16.0 Å². The normalized spacial score (nSPS) is 22.7. The summed E-state index contributed by atoms with van der Waals surface area (Å²) in [7, 11) is 0. The Morgan fingerprint density at radius 1 is 1.36 bits per heavy atom. The highest BCUT2D eigenvalue weighted by molar-refractivity contribution is 5.71. The van der Waals surface area contributed by atoms with Crippen molar-refractivity contribution in [1.29, 1.82) is 0 Å². The van der Waals surface area contributed by atoms with Crippen molar-refractivity contribution in [2.45, 2.75) is 25.3 Å². The van der Waals surface area contributed by atoms with Crippen LogP contribution in [0.5, 0.6) is 0 Å². The van der Waals surface area contributed by atoms with E-state index < -0.39 is 6.03 Å². The first-order chi connectivity index (χ1) is 6.79. The van der Waals surface area contributed by atoms with Crippen LogP contribution < -0.4 is 21.7 Å². The fraction of sp³-hybridized carbons (Fsp3) is 0.889. The average Bonchev–Trinajstić information content (AvgIpc) is 2.40. The van der Waals surface area contributed by atoms with Crippen LogP contribution in [0.2, 0.25) is 0 Å². The predicted octanol–water partition coefficient (Wildman–Crippen LogP) is -0.614. The van der Waals surface area contributed by atoms with Gasteiger partial charge in [0.1, 0.15) is 0 Å². The molecule has 5 heteroatoms. The number of carbonyl (C=O) groups is 1. The summed E-state index contributed by atoms with van der Waals surface area (Å²) < 4.78 is 0. The molecule has 0 radical (unpaired) electrons. The lowest BCUT2D eigenvalue weighted by molar-refractivity contribution is 0.248. The Morgan fingerprint density at radius 2 is 2.21 bits per heavy atom. The SMILES string of the molecule is NC(=O)NCCNC1CCCNCC1. The highest BCUT2D eigenvalue weighted by Gasteiger charge is 2.10. The molecule has 1 heterocycles. The lowest BCUT2D eigenvalue weighted by atomic mass is 10.1. The highest BCUT2D eigenvalue weighted by Crippen LogP contribution is 2.03. The predicted molar refractivity (Wildman–Crippen MR) is 56.1 cm³/mol. The summed E-state index contributed by atoms with van der Waals surface area (Å²) in [6.45, 7) is 3.62. The van der Waals surface area contributed by atoms with Crippen LogP contribution in [0.1, 0.15) is 19.3 Å². The molecule has 0 aliphatic carbocycles. The Hall–Kier alpha value is -0.810. The largest absolute Gasteiger partial charge is 0.352 e. The van der Waals surface area contributed by atoms with E-state index in [0.29, 0.717) is 12.6 Å². The van der Waals surface area contributed by atoms with Gasteiger partial charge in [-0.3, -0.25) is 0 Å². The molecule has 1 unspecified atom stereocenters. The third kappa shape index (κ3) is 5.04. The number of carbonyl (C=O) groups excluding carboxylic acids is 1. The summed E-state index contributed by atoms with van der Waals surface area (Å²) in [4.78, 5) is 10.4. The van der Waals surface area contributed by atoms with Gasteiger partial charge >= 0.3 is 6.03 Å². The molecule has 0 spiro atoms. The first-order valence-electron chi connectivity index (χ1n) is 5.26. The van der Waals surface area contributed by atoms with Crippen LogP contribution in [-0.2, 0) is 0 Å². The van der Waals surface area contributed by atoms with Gasteiger partial charge in [-0.1, -0.05) is 0 Å². The molecular weight excluding hydrogens is 180 g/mol.